The lowest BCUT2D eigenvalue weighted by Crippen LogP contribution is -2.61. The van der Waals surface area contributed by atoms with Crippen molar-refractivity contribution in [2.75, 3.05) is 9.80 Å². The summed E-state index contributed by atoms with van der Waals surface area (Å²) in [7, 11) is 0. The molecule has 2 aliphatic heterocycles. The minimum Gasteiger partial charge on any atom is -0.310 e. The van der Waals surface area contributed by atoms with Crippen molar-refractivity contribution in [3.05, 3.63) is 305 Å². The molecule has 0 saturated carbocycles. The van der Waals surface area contributed by atoms with Gasteiger partial charge in [-0.15, -0.1) is 5.73 Å². The van der Waals surface area contributed by atoms with Gasteiger partial charge in [0.2, 0.25) is 0 Å². The number of fused-ring (bicyclic) bond motifs is 12. The van der Waals surface area contributed by atoms with Crippen LogP contribution in [0.25, 0.3) is 105 Å². The second-order valence-electron chi connectivity index (χ2n) is 33.7. The molecule has 3 aliphatic rings. The van der Waals surface area contributed by atoms with Crippen molar-refractivity contribution >= 4 is 107 Å². The zero-order valence-electron chi connectivity index (χ0n) is 61.8. The fourth-order valence-corrected chi connectivity index (χ4v) is 16.8. The molecule has 0 spiro atoms. The number of para-hydroxylation sites is 1. The van der Waals surface area contributed by atoms with Gasteiger partial charge in [-0.25, -0.2) is 0 Å². The van der Waals surface area contributed by atoms with Crippen LogP contribution >= 0.6 is 0 Å². The van der Waals surface area contributed by atoms with Crippen molar-refractivity contribution in [1.29, 1.82) is 0 Å². The van der Waals surface area contributed by atoms with E-state index in [0.717, 1.165) is 34.1 Å². The topological polar surface area (TPSA) is 16.3 Å². The maximum Gasteiger partial charge on any atom is 0.252 e. The van der Waals surface area contributed by atoms with E-state index in [9.17, 15) is 0 Å². The first-order chi connectivity index (χ1) is 49.5. The Morgan fingerprint density at radius 3 is 1.09 bits per heavy atom. The monoisotopic (exact) mass is 1330 g/mol. The Kier molecular flexibility index (Phi) is 14.4. The zero-order valence-corrected chi connectivity index (χ0v) is 61.8. The first-order valence-corrected chi connectivity index (χ1v) is 37.0. The molecule has 13 aromatic carbocycles. The van der Waals surface area contributed by atoms with Gasteiger partial charge >= 0.3 is 0 Å². The molecule has 0 N–H and O–H groups in total. The molecular weight excluding hydrogens is 1240 g/mol. The van der Waals surface area contributed by atoms with Gasteiger partial charge in [-0.2, -0.15) is 0 Å². The molecule has 103 heavy (non-hydrogen) atoms. The lowest BCUT2D eigenvalue weighted by atomic mass is 9.33. The number of hydrogen-bond donors (Lipinski definition) is 0. The van der Waals surface area contributed by atoms with Crippen molar-refractivity contribution < 1.29 is 0 Å². The summed E-state index contributed by atoms with van der Waals surface area (Å²) in [5.74, 6) is 0.133. The largest absolute Gasteiger partial charge is 0.310 e. The molecule has 15 aromatic rings. The van der Waals surface area contributed by atoms with E-state index in [1.165, 1.54) is 154 Å². The molecule has 2 aromatic heterocycles. The molecule has 1 aliphatic carbocycles. The molecule has 0 unspecified atom stereocenters. The molecule has 0 amide bonds. The molecule has 0 radical (unpaired) electrons. The number of benzene rings is 13. The van der Waals surface area contributed by atoms with Crippen molar-refractivity contribution in [2.45, 2.75) is 125 Å². The molecule has 18 rings (SSSR count). The molecule has 0 atom stereocenters. The van der Waals surface area contributed by atoms with Crippen LogP contribution < -0.4 is 36.6 Å². The van der Waals surface area contributed by atoms with Crippen LogP contribution in [0.3, 0.4) is 0 Å². The van der Waals surface area contributed by atoms with Gasteiger partial charge in [-0.1, -0.05) is 261 Å². The minimum atomic E-state index is -0.226. The van der Waals surface area contributed by atoms with Crippen LogP contribution in [0.4, 0.5) is 34.1 Å². The van der Waals surface area contributed by atoms with Gasteiger partial charge in [-0.05, 0) is 197 Å². The molecule has 0 bridgehead atoms. The van der Waals surface area contributed by atoms with Crippen LogP contribution in [-0.2, 0) is 21.7 Å². The zero-order chi connectivity index (χ0) is 70.9. The third-order valence-corrected chi connectivity index (χ3v) is 22.5. The standard InChI is InChI=1S/C98H87BN4/c1-60(2)66-50-89-92-90(51-66)103(94-77(63-33-23-17-24-34-63)56-70(98(12,13)14)57-78(94)64-35-25-18-26-36-64)88-59-72(101-83-38-28-27-37-73(83)91-74-49-65(74)39-46-86(91)101)43-45-82(88)99(92)81-44-42-71(100-84-47-40-67(95(3,4)5)52-79(84)80-53-68(96(6,7)8)41-48-85(80)100)58-87(81)102(89)93-75(61-29-19-15-20-30-61)54-69(97(9,10)11)55-76(93)62-31-21-16-22-32-62/h15-48,50-60H,1-14H3. The molecule has 4 nitrogen and oxygen atoms in total. The van der Waals surface area contributed by atoms with Crippen molar-refractivity contribution in [2.24, 2.45) is 0 Å². The van der Waals surface area contributed by atoms with Gasteiger partial charge in [0.25, 0.3) is 6.71 Å². The summed E-state index contributed by atoms with van der Waals surface area (Å²) in [5, 5.41) is 7.47. The summed E-state index contributed by atoms with van der Waals surface area (Å²) < 4.78 is 5.09. The average Bonchev–Trinajstić information content (AvgIpc) is 1.41. The van der Waals surface area contributed by atoms with E-state index in [4.69, 9.17) is 0 Å². The van der Waals surface area contributed by atoms with Gasteiger partial charge in [0, 0.05) is 88.4 Å². The molecule has 502 valence electrons. The van der Waals surface area contributed by atoms with E-state index in [-0.39, 0.29) is 34.3 Å². The summed E-state index contributed by atoms with van der Waals surface area (Å²) >= 11 is 0. The average molecular weight is 1330 g/mol. The van der Waals surface area contributed by atoms with Crippen LogP contribution in [-0.4, -0.2) is 15.8 Å². The SMILES string of the molecule is CC(C)c1cc2c3c(c1)N(c1c(-c4ccccc4)cc(C(C)(C)C)cc1-c1ccccc1)c1cc(-n4c5ccccc5c5c6c(ccc54)=C=6)ccc1B3c1ccc(-n3c4ccc(C(C)(C)C)cc4c4cc(C(C)(C)C)ccc43)cc1N2c1c(-c2ccccc2)cc(C(C)(C)C)cc1-c1ccccc1. The minimum absolute atomic E-state index is 0.0517. The number of nitrogens with zero attached hydrogens (tertiary/aromatic N) is 4. The van der Waals surface area contributed by atoms with Gasteiger partial charge < -0.3 is 18.9 Å². The van der Waals surface area contributed by atoms with Crippen molar-refractivity contribution in [3.63, 3.8) is 0 Å². The van der Waals surface area contributed by atoms with Crippen LogP contribution in [0.1, 0.15) is 131 Å². The predicted octanol–water partition coefficient (Wildman–Crippen LogP) is 23.0. The van der Waals surface area contributed by atoms with E-state index in [2.05, 4.69) is 389 Å². The Bertz CT molecular complexity index is 5960. The van der Waals surface area contributed by atoms with Gasteiger partial charge in [0.05, 0.1) is 33.4 Å². The lowest BCUT2D eigenvalue weighted by Gasteiger charge is -2.46. The highest BCUT2D eigenvalue weighted by Crippen LogP contribution is 2.56. The Balaban J connectivity index is 1.02. The summed E-state index contributed by atoms with van der Waals surface area (Å²) in [6, 6.07) is 103. The molecule has 0 fully saturated rings. The summed E-state index contributed by atoms with van der Waals surface area (Å²) in [4.78, 5) is 5.48. The fraction of sp³-hybridized carbons (Fsp3) is 0.194. The second kappa shape index (κ2) is 23.2. The molecule has 5 heteroatoms. The fourth-order valence-electron chi connectivity index (χ4n) is 16.8. The van der Waals surface area contributed by atoms with Gasteiger partial charge in [-0.3, -0.25) is 0 Å². The number of rotatable bonds is 9. The Morgan fingerprint density at radius 1 is 0.320 bits per heavy atom. The van der Waals surface area contributed by atoms with Gasteiger partial charge in [0.15, 0.2) is 0 Å². The predicted molar refractivity (Wildman–Crippen MR) is 442 cm³/mol. The molecule has 0 saturated heterocycles. The van der Waals surface area contributed by atoms with Crippen molar-refractivity contribution in [3.8, 4) is 55.9 Å². The van der Waals surface area contributed by atoms with Crippen molar-refractivity contribution in [1.82, 2.24) is 9.13 Å². The maximum atomic E-state index is 3.65. The second-order valence-corrected chi connectivity index (χ2v) is 33.7. The van der Waals surface area contributed by atoms with Crippen LogP contribution in [0.15, 0.2) is 267 Å². The van der Waals surface area contributed by atoms with Crippen LogP contribution in [0.5, 0.6) is 0 Å². The summed E-state index contributed by atoms with van der Waals surface area (Å²) in [6.07, 6.45) is 0. The van der Waals surface area contributed by atoms with Gasteiger partial charge in [0.1, 0.15) is 0 Å². The van der Waals surface area contributed by atoms with E-state index < -0.39 is 0 Å². The third-order valence-electron chi connectivity index (χ3n) is 22.5. The Morgan fingerprint density at radius 2 is 0.689 bits per heavy atom. The van der Waals surface area contributed by atoms with E-state index in [1.54, 1.807) is 0 Å². The summed E-state index contributed by atoms with van der Waals surface area (Å²) in [5.41, 5.74) is 36.7. The lowest BCUT2D eigenvalue weighted by molar-refractivity contribution is 0.590. The van der Waals surface area contributed by atoms with E-state index in [1.807, 2.05) is 0 Å². The Labute approximate surface area is 607 Å². The quantitative estimate of drug-likeness (QED) is 0.134. The number of hydrogen-bond acceptors (Lipinski definition) is 2. The number of anilines is 6. The smallest absolute Gasteiger partial charge is 0.252 e. The highest BCUT2D eigenvalue weighted by molar-refractivity contribution is 7.00. The number of aromatic nitrogens is 2. The highest BCUT2D eigenvalue weighted by Gasteiger charge is 2.46. The van der Waals surface area contributed by atoms with Crippen LogP contribution in [0, 0.1) is 0 Å². The van der Waals surface area contributed by atoms with E-state index >= 15 is 0 Å². The molecular formula is C98H87BN4. The summed E-state index contributed by atoms with van der Waals surface area (Å²) in [6.45, 7) is 32.7. The first-order valence-electron chi connectivity index (χ1n) is 37.0. The van der Waals surface area contributed by atoms with Crippen LogP contribution in [0.2, 0.25) is 0 Å². The maximum absolute atomic E-state index is 3.65. The normalized spacial score (nSPS) is 13.4. The Hall–Kier alpha value is -11.1. The molecule has 4 heterocycles. The van der Waals surface area contributed by atoms with E-state index in [0.29, 0.717) is 0 Å². The third kappa shape index (κ3) is 10.4. The first kappa shape index (κ1) is 64.0. The highest BCUT2D eigenvalue weighted by atomic mass is 15.2.